The number of anilines is 1. The molecule has 162 valence electrons. The number of fused-ring (bicyclic) bond motifs is 2. The quantitative estimate of drug-likeness (QED) is 0.325. The first-order valence-electron chi connectivity index (χ1n) is 10.1. The third kappa shape index (κ3) is 4.20. The van der Waals surface area contributed by atoms with Gasteiger partial charge in [-0.1, -0.05) is 41.3 Å². The molecule has 2 aromatic heterocycles. The van der Waals surface area contributed by atoms with Crippen molar-refractivity contribution in [2.45, 2.75) is 30.3 Å². The molecule has 1 N–H and O–H groups in total. The molecule has 1 amide bonds. The van der Waals surface area contributed by atoms with E-state index in [1.165, 1.54) is 23.1 Å². The molecule has 0 saturated heterocycles. The van der Waals surface area contributed by atoms with Crippen LogP contribution in [-0.2, 0) is 11.2 Å². The number of carbonyl (C=O) groups excluding carboxylic acids is 1. The summed E-state index contributed by atoms with van der Waals surface area (Å²) in [6.07, 6.45) is 0.772. The van der Waals surface area contributed by atoms with Crippen LogP contribution in [0.2, 0.25) is 0 Å². The number of aryl methyl sites for hydroxylation is 3. The van der Waals surface area contributed by atoms with Crippen LogP contribution in [0, 0.1) is 13.8 Å². The molecule has 6 nitrogen and oxygen atoms in total. The van der Waals surface area contributed by atoms with Crippen LogP contribution in [0.3, 0.4) is 0 Å². The topological polar surface area (TPSA) is 76.9 Å². The molecule has 0 atom stereocenters. The van der Waals surface area contributed by atoms with Crippen LogP contribution < -0.4 is 10.9 Å². The summed E-state index contributed by atoms with van der Waals surface area (Å²) in [5.41, 5.74) is 4.56. The molecule has 0 radical (unpaired) electrons. The van der Waals surface area contributed by atoms with E-state index in [1.54, 1.807) is 16.3 Å². The fourth-order valence-electron chi connectivity index (χ4n) is 3.71. The van der Waals surface area contributed by atoms with Crippen LogP contribution in [0.5, 0.6) is 0 Å². The summed E-state index contributed by atoms with van der Waals surface area (Å²) in [5.74, 6) is 0.820. The zero-order valence-electron chi connectivity index (χ0n) is 17.5. The molecule has 0 unspecified atom stereocenters. The van der Waals surface area contributed by atoms with Crippen LogP contribution in [0.1, 0.15) is 16.8 Å². The maximum atomic E-state index is 13.3. The second kappa shape index (κ2) is 8.73. The molecule has 1 aliphatic rings. The first-order valence-corrected chi connectivity index (χ1v) is 12.9. The van der Waals surface area contributed by atoms with E-state index in [2.05, 4.69) is 16.4 Å². The monoisotopic (exact) mass is 480 g/mol. The van der Waals surface area contributed by atoms with Gasteiger partial charge < -0.3 is 5.32 Å². The Morgan fingerprint density at radius 3 is 2.72 bits per heavy atom. The van der Waals surface area contributed by atoms with Crippen molar-refractivity contribution in [2.24, 2.45) is 0 Å². The second-order valence-electron chi connectivity index (χ2n) is 7.58. The van der Waals surface area contributed by atoms with Crippen LogP contribution >= 0.6 is 34.9 Å². The van der Waals surface area contributed by atoms with Gasteiger partial charge in [0.15, 0.2) is 10.3 Å². The zero-order chi connectivity index (χ0) is 22.2. The molecule has 0 saturated carbocycles. The SMILES string of the molecule is Cc1cc(C)cc(-n2c(SCC(=O)Nc3nc4ccccc4s3)nc3c(c2=O)SCC3)c1. The molecule has 3 heterocycles. The fraction of sp³-hybridized carbons (Fsp3) is 0.217. The molecule has 1 aliphatic heterocycles. The molecule has 0 aliphatic carbocycles. The fourth-order valence-corrected chi connectivity index (χ4v) is 6.44. The molecule has 32 heavy (non-hydrogen) atoms. The lowest BCUT2D eigenvalue weighted by molar-refractivity contribution is -0.113. The number of para-hydroxylation sites is 1. The largest absolute Gasteiger partial charge is 0.301 e. The van der Waals surface area contributed by atoms with Crippen molar-refractivity contribution in [3.63, 3.8) is 0 Å². The summed E-state index contributed by atoms with van der Waals surface area (Å²) in [4.78, 5) is 35.9. The Hall–Kier alpha value is -2.62. The Bertz CT molecular complexity index is 1360. The number of thioether (sulfide) groups is 2. The van der Waals surface area contributed by atoms with Crippen molar-refractivity contribution in [1.82, 2.24) is 14.5 Å². The minimum atomic E-state index is -0.176. The average Bonchev–Trinajstić information content (AvgIpc) is 3.37. The highest BCUT2D eigenvalue weighted by Gasteiger charge is 2.23. The molecule has 0 fully saturated rings. The van der Waals surface area contributed by atoms with Gasteiger partial charge in [-0.2, -0.15) is 0 Å². The Morgan fingerprint density at radius 2 is 1.94 bits per heavy atom. The van der Waals surface area contributed by atoms with Crippen LogP contribution in [0.25, 0.3) is 15.9 Å². The van der Waals surface area contributed by atoms with Gasteiger partial charge in [0.25, 0.3) is 5.56 Å². The van der Waals surface area contributed by atoms with Gasteiger partial charge in [-0.25, -0.2) is 9.97 Å². The Morgan fingerprint density at radius 1 is 1.16 bits per heavy atom. The van der Waals surface area contributed by atoms with Gasteiger partial charge in [0.1, 0.15) is 0 Å². The lowest BCUT2D eigenvalue weighted by Gasteiger charge is -2.14. The third-order valence-corrected chi connectivity index (χ3v) is 8.00. The number of hydrogen-bond donors (Lipinski definition) is 1. The number of rotatable bonds is 5. The predicted octanol–water partition coefficient (Wildman–Crippen LogP) is 4.84. The second-order valence-corrected chi connectivity index (χ2v) is 10.7. The summed E-state index contributed by atoms with van der Waals surface area (Å²) in [6.45, 7) is 4.02. The van der Waals surface area contributed by atoms with E-state index < -0.39 is 0 Å². The van der Waals surface area contributed by atoms with Gasteiger partial charge in [-0.05, 0) is 49.2 Å². The molecule has 0 bridgehead atoms. The van der Waals surface area contributed by atoms with Crippen molar-refractivity contribution < 1.29 is 4.79 Å². The van der Waals surface area contributed by atoms with E-state index in [1.807, 2.05) is 50.2 Å². The van der Waals surface area contributed by atoms with E-state index in [0.717, 1.165) is 44.9 Å². The van der Waals surface area contributed by atoms with Crippen molar-refractivity contribution in [3.05, 3.63) is 69.6 Å². The van der Waals surface area contributed by atoms with Gasteiger partial charge in [0.2, 0.25) is 5.91 Å². The van der Waals surface area contributed by atoms with Crippen molar-refractivity contribution in [3.8, 4) is 5.69 Å². The van der Waals surface area contributed by atoms with Gasteiger partial charge in [0, 0.05) is 12.2 Å². The highest BCUT2D eigenvalue weighted by molar-refractivity contribution is 8.00. The van der Waals surface area contributed by atoms with Crippen molar-refractivity contribution in [2.75, 3.05) is 16.8 Å². The summed E-state index contributed by atoms with van der Waals surface area (Å²) in [6, 6.07) is 13.8. The van der Waals surface area contributed by atoms with E-state index in [0.29, 0.717) is 15.2 Å². The zero-order valence-corrected chi connectivity index (χ0v) is 20.0. The molecular formula is C23H20N4O2S3. The number of hydrogen-bond acceptors (Lipinski definition) is 7. The highest BCUT2D eigenvalue weighted by atomic mass is 32.2. The first kappa shape index (κ1) is 21.2. The lowest BCUT2D eigenvalue weighted by Crippen LogP contribution is -2.25. The van der Waals surface area contributed by atoms with Gasteiger partial charge in [-0.3, -0.25) is 14.2 Å². The van der Waals surface area contributed by atoms with Crippen molar-refractivity contribution in [1.29, 1.82) is 0 Å². The van der Waals surface area contributed by atoms with Gasteiger partial charge in [0.05, 0.1) is 32.2 Å². The summed E-state index contributed by atoms with van der Waals surface area (Å²) in [5, 5.41) is 3.99. The normalized spacial score (nSPS) is 12.8. The number of benzene rings is 2. The average molecular weight is 481 g/mol. The van der Waals surface area contributed by atoms with Crippen LogP contribution in [0.4, 0.5) is 5.13 Å². The number of aromatic nitrogens is 3. The number of amides is 1. The number of nitrogens with one attached hydrogen (secondary N) is 1. The maximum absolute atomic E-state index is 13.3. The summed E-state index contributed by atoms with van der Waals surface area (Å²) in [7, 11) is 0. The summed E-state index contributed by atoms with van der Waals surface area (Å²) >= 11 is 4.28. The molecule has 4 aromatic rings. The minimum Gasteiger partial charge on any atom is -0.301 e. The molecule has 0 spiro atoms. The Kier molecular flexibility index (Phi) is 5.79. The van der Waals surface area contributed by atoms with E-state index in [9.17, 15) is 9.59 Å². The van der Waals surface area contributed by atoms with Crippen LogP contribution in [-0.4, -0.2) is 31.9 Å². The lowest BCUT2D eigenvalue weighted by atomic mass is 10.1. The Balaban J connectivity index is 1.43. The van der Waals surface area contributed by atoms with Crippen LogP contribution in [0.15, 0.2) is 57.3 Å². The van der Waals surface area contributed by atoms with E-state index in [4.69, 9.17) is 4.98 Å². The number of nitrogens with zero attached hydrogens (tertiary/aromatic N) is 3. The van der Waals surface area contributed by atoms with E-state index >= 15 is 0 Å². The molecule has 5 rings (SSSR count). The van der Waals surface area contributed by atoms with Gasteiger partial charge >= 0.3 is 0 Å². The number of thiazole rings is 1. The molecule has 9 heteroatoms. The molecular weight excluding hydrogens is 460 g/mol. The smallest absolute Gasteiger partial charge is 0.272 e. The van der Waals surface area contributed by atoms with E-state index in [-0.39, 0.29) is 17.2 Å². The number of carbonyl (C=O) groups is 1. The first-order chi connectivity index (χ1) is 15.5. The predicted molar refractivity (Wildman–Crippen MR) is 133 cm³/mol. The summed E-state index contributed by atoms with van der Waals surface area (Å²) < 4.78 is 2.67. The van der Waals surface area contributed by atoms with Crippen molar-refractivity contribution >= 4 is 56.1 Å². The minimum absolute atomic E-state index is 0.0587. The molecule has 2 aromatic carbocycles. The standard InChI is InChI=1S/C23H20N4O2S3/c1-13-9-14(2)11-15(10-13)27-21(29)20-17(7-8-30-20)25-23(27)31-12-19(28)26-22-24-16-5-3-4-6-18(16)32-22/h3-6,9-11H,7-8,12H2,1-2H3,(H,24,26,28). The third-order valence-electron chi connectivity index (χ3n) is 5.00. The maximum Gasteiger partial charge on any atom is 0.272 e. The Labute approximate surface area is 197 Å². The highest BCUT2D eigenvalue weighted by Crippen LogP contribution is 2.31. The van der Waals surface area contributed by atoms with Gasteiger partial charge in [-0.15, -0.1) is 11.8 Å².